The van der Waals surface area contributed by atoms with Crippen molar-refractivity contribution in [1.82, 2.24) is 9.55 Å². The van der Waals surface area contributed by atoms with Gasteiger partial charge in [-0.25, -0.2) is 9.37 Å². The first kappa shape index (κ1) is 12.7. The molecule has 0 saturated heterocycles. The average Bonchev–Trinajstić information content (AvgIpc) is 2.61. The molecule has 1 aromatic heterocycles. The molecule has 0 spiro atoms. The van der Waals surface area contributed by atoms with Crippen LogP contribution in [-0.2, 0) is 6.54 Å². The van der Waals surface area contributed by atoms with Crippen LogP contribution >= 0.6 is 11.6 Å². The van der Waals surface area contributed by atoms with Crippen LogP contribution in [0.3, 0.4) is 0 Å². The van der Waals surface area contributed by atoms with Crippen LogP contribution in [0.25, 0.3) is 11.0 Å². The molecule has 1 saturated carbocycles. The number of aromatic nitrogens is 2. The van der Waals surface area contributed by atoms with Gasteiger partial charge in [0.15, 0.2) is 0 Å². The number of fused-ring (bicyclic) bond motifs is 1. The van der Waals surface area contributed by atoms with E-state index in [1.54, 1.807) is 6.07 Å². The maximum Gasteiger partial charge on any atom is 0.201 e. The van der Waals surface area contributed by atoms with Gasteiger partial charge in [0.2, 0.25) is 5.95 Å². The van der Waals surface area contributed by atoms with Crippen LogP contribution in [0.4, 0.5) is 10.3 Å². The Morgan fingerprint density at radius 1 is 1.47 bits per heavy atom. The summed E-state index contributed by atoms with van der Waals surface area (Å²) in [6, 6.07) is 2.97. The minimum Gasteiger partial charge on any atom is -0.369 e. The van der Waals surface area contributed by atoms with Crippen molar-refractivity contribution >= 4 is 28.6 Å². The predicted octanol–water partition coefficient (Wildman–Crippen LogP) is 3.99. The van der Waals surface area contributed by atoms with Gasteiger partial charge >= 0.3 is 0 Å². The summed E-state index contributed by atoms with van der Waals surface area (Å²) in [6.45, 7) is 3.01. The van der Waals surface area contributed by atoms with E-state index in [9.17, 15) is 4.39 Å². The molecular weight excluding hydrogens is 265 g/mol. The minimum absolute atomic E-state index is 0.0889. The summed E-state index contributed by atoms with van der Waals surface area (Å²) in [7, 11) is 0. The van der Waals surface area contributed by atoms with Crippen LogP contribution in [0, 0.1) is 11.2 Å². The van der Waals surface area contributed by atoms with Crippen molar-refractivity contribution in [3.05, 3.63) is 23.0 Å². The van der Waals surface area contributed by atoms with Crippen LogP contribution in [0.1, 0.15) is 32.6 Å². The van der Waals surface area contributed by atoms with Gasteiger partial charge in [-0.15, -0.1) is 0 Å². The number of benzene rings is 1. The van der Waals surface area contributed by atoms with Crippen molar-refractivity contribution in [2.45, 2.75) is 39.2 Å². The molecule has 0 bridgehead atoms. The molecule has 0 amide bonds. The highest BCUT2D eigenvalue weighted by molar-refractivity contribution is 6.31. The lowest BCUT2D eigenvalue weighted by Gasteiger charge is -2.41. The third-order valence-corrected chi connectivity index (χ3v) is 4.77. The highest BCUT2D eigenvalue weighted by atomic mass is 35.5. The minimum atomic E-state index is -0.422. The molecule has 0 aliphatic heterocycles. The van der Waals surface area contributed by atoms with E-state index in [0.717, 1.165) is 18.5 Å². The lowest BCUT2D eigenvalue weighted by molar-refractivity contribution is 0.103. The fourth-order valence-electron chi connectivity index (χ4n) is 2.94. The van der Waals surface area contributed by atoms with Crippen LogP contribution in [0.2, 0.25) is 5.02 Å². The van der Waals surface area contributed by atoms with Crippen molar-refractivity contribution in [2.24, 2.45) is 5.41 Å². The summed E-state index contributed by atoms with van der Waals surface area (Å²) in [5, 5.41) is 0.0889. The Morgan fingerprint density at radius 3 is 2.79 bits per heavy atom. The molecule has 0 radical (unpaired) electrons. The molecule has 2 N–H and O–H groups in total. The van der Waals surface area contributed by atoms with Crippen molar-refractivity contribution in [1.29, 1.82) is 0 Å². The highest BCUT2D eigenvalue weighted by Gasteiger charge is 2.36. The molecule has 1 fully saturated rings. The summed E-state index contributed by atoms with van der Waals surface area (Å²) in [4.78, 5) is 4.28. The van der Waals surface area contributed by atoms with Crippen molar-refractivity contribution in [3.8, 4) is 0 Å². The lowest BCUT2D eigenvalue weighted by atomic mass is 9.67. The van der Waals surface area contributed by atoms with E-state index in [2.05, 4.69) is 11.9 Å². The van der Waals surface area contributed by atoms with Crippen LogP contribution < -0.4 is 5.73 Å². The topological polar surface area (TPSA) is 43.8 Å². The highest BCUT2D eigenvalue weighted by Crippen LogP contribution is 2.46. The SMILES string of the molecule is CCC1(Cn2c(N)nc3cc(Cl)c(F)cc32)CCC1. The number of rotatable bonds is 3. The quantitative estimate of drug-likeness (QED) is 0.924. The first-order valence-electron chi connectivity index (χ1n) is 6.65. The van der Waals surface area contributed by atoms with Gasteiger partial charge in [-0.2, -0.15) is 0 Å². The van der Waals surface area contributed by atoms with E-state index in [4.69, 9.17) is 17.3 Å². The van der Waals surface area contributed by atoms with Crippen molar-refractivity contribution < 1.29 is 4.39 Å². The Kier molecular flexibility index (Phi) is 2.93. The van der Waals surface area contributed by atoms with Crippen LogP contribution in [-0.4, -0.2) is 9.55 Å². The van der Waals surface area contributed by atoms with E-state index < -0.39 is 5.82 Å². The maximum absolute atomic E-state index is 13.6. The molecule has 2 aromatic rings. The Morgan fingerprint density at radius 2 is 2.21 bits per heavy atom. The molecule has 1 aliphatic rings. The normalized spacial score (nSPS) is 17.6. The maximum atomic E-state index is 13.6. The Hall–Kier alpha value is -1.29. The Bertz CT molecular complexity index is 626. The van der Waals surface area contributed by atoms with Gasteiger partial charge in [-0.3, -0.25) is 0 Å². The molecule has 1 aromatic carbocycles. The number of nitrogens with zero attached hydrogens (tertiary/aromatic N) is 2. The van der Waals surface area contributed by atoms with E-state index in [0.29, 0.717) is 16.9 Å². The largest absolute Gasteiger partial charge is 0.369 e. The summed E-state index contributed by atoms with van der Waals surface area (Å²) in [5.41, 5.74) is 7.68. The van der Waals surface area contributed by atoms with E-state index >= 15 is 0 Å². The average molecular weight is 282 g/mol. The molecular formula is C14H17ClFN3. The summed E-state index contributed by atoms with van der Waals surface area (Å²) < 4.78 is 15.6. The lowest BCUT2D eigenvalue weighted by Crippen LogP contribution is -2.33. The van der Waals surface area contributed by atoms with E-state index in [-0.39, 0.29) is 5.02 Å². The first-order chi connectivity index (χ1) is 9.04. The van der Waals surface area contributed by atoms with E-state index in [1.807, 2.05) is 4.57 Å². The molecule has 102 valence electrons. The standard InChI is InChI=1S/C14H17ClFN3/c1-2-14(4-3-5-14)8-19-12-7-10(16)9(15)6-11(12)18-13(19)17/h6-7H,2-5,8H2,1H3,(H2,17,18). The fraction of sp³-hybridized carbons (Fsp3) is 0.500. The van der Waals surface area contributed by atoms with Gasteiger partial charge < -0.3 is 10.3 Å². The number of nitrogen functional groups attached to an aromatic ring is 1. The van der Waals surface area contributed by atoms with Gasteiger partial charge in [-0.05, 0) is 30.7 Å². The van der Waals surface area contributed by atoms with Gasteiger partial charge in [0, 0.05) is 12.6 Å². The second-order valence-electron chi connectivity index (χ2n) is 5.52. The zero-order valence-corrected chi connectivity index (χ0v) is 11.7. The third-order valence-electron chi connectivity index (χ3n) is 4.48. The summed E-state index contributed by atoms with van der Waals surface area (Å²) in [5.74, 6) is 0.0193. The number of hydrogen-bond acceptors (Lipinski definition) is 2. The second kappa shape index (κ2) is 4.37. The first-order valence-corrected chi connectivity index (χ1v) is 7.03. The molecule has 0 atom stereocenters. The smallest absolute Gasteiger partial charge is 0.201 e. The number of nitrogens with two attached hydrogens (primary N) is 1. The molecule has 19 heavy (non-hydrogen) atoms. The zero-order valence-electron chi connectivity index (χ0n) is 10.9. The summed E-state index contributed by atoms with van der Waals surface area (Å²) >= 11 is 5.78. The number of halogens is 2. The molecule has 1 heterocycles. The fourth-order valence-corrected chi connectivity index (χ4v) is 3.10. The molecule has 3 rings (SSSR count). The number of anilines is 1. The van der Waals surface area contributed by atoms with Crippen LogP contribution in [0.15, 0.2) is 12.1 Å². The molecule has 1 aliphatic carbocycles. The Balaban J connectivity index is 2.07. The molecule has 5 heteroatoms. The van der Waals surface area contributed by atoms with E-state index in [1.165, 1.54) is 25.3 Å². The van der Waals surface area contributed by atoms with Gasteiger partial charge in [-0.1, -0.05) is 24.9 Å². The number of hydrogen-bond donors (Lipinski definition) is 1. The molecule has 3 nitrogen and oxygen atoms in total. The van der Waals surface area contributed by atoms with Gasteiger partial charge in [0.1, 0.15) is 5.82 Å². The summed E-state index contributed by atoms with van der Waals surface area (Å²) in [6.07, 6.45) is 4.79. The molecule has 0 unspecified atom stereocenters. The van der Waals surface area contributed by atoms with Gasteiger partial charge in [0.05, 0.1) is 16.1 Å². The van der Waals surface area contributed by atoms with Crippen molar-refractivity contribution in [3.63, 3.8) is 0 Å². The second-order valence-corrected chi connectivity index (χ2v) is 5.93. The van der Waals surface area contributed by atoms with Crippen LogP contribution in [0.5, 0.6) is 0 Å². The van der Waals surface area contributed by atoms with Crippen molar-refractivity contribution in [2.75, 3.05) is 5.73 Å². The van der Waals surface area contributed by atoms with Gasteiger partial charge in [0.25, 0.3) is 0 Å². The Labute approximate surface area is 116 Å². The zero-order chi connectivity index (χ0) is 13.6. The monoisotopic (exact) mass is 281 g/mol. The number of imidazole rings is 1. The predicted molar refractivity (Wildman–Crippen MR) is 75.7 cm³/mol. The third kappa shape index (κ3) is 1.98.